The van der Waals surface area contributed by atoms with Gasteiger partial charge in [0.15, 0.2) is 0 Å². The maximum absolute atomic E-state index is 11.1. The summed E-state index contributed by atoms with van der Waals surface area (Å²) in [5.74, 6) is 0. The first-order valence-corrected chi connectivity index (χ1v) is 8.14. The van der Waals surface area contributed by atoms with Crippen LogP contribution < -0.4 is 10.0 Å². The molecule has 0 aromatic heterocycles. The summed E-state index contributed by atoms with van der Waals surface area (Å²) < 4.78 is 24.7. The molecule has 0 atom stereocenters. The Morgan fingerprint density at radius 1 is 0.800 bits per heavy atom. The predicted molar refractivity (Wildman–Crippen MR) is 84.1 cm³/mol. The van der Waals surface area contributed by atoms with Crippen LogP contribution in [0.2, 0.25) is 0 Å². The molecule has 0 aliphatic carbocycles. The largest absolute Gasteiger partial charge is 0.356 e. The highest BCUT2D eigenvalue weighted by Crippen LogP contribution is 2.21. The molecule has 0 fully saturated rings. The summed E-state index contributed by atoms with van der Waals surface area (Å²) in [6.45, 7) is 4.11. The summed E-state index contributed by atoms with van der Waals surface area (Å²) in [6, 6.07) is 13.4. The van der Waals surface area contributed by atoms with Crippen molar-refractivity contribution in [2.45, 2.75) is 13.8 Å². The molecule has 2 rings (SSSR count). The third-order valence-corrected chi connectivity index (χ3v) is 3.31. The fourth-order valence-electron chi connectivity index (χ4n) is 2.05. The molecule has 0 unspecified atom stereocenters. The number of hydrogen-bond acceptors (Lipinski definition) is 3. The Balaban J connectivity index is 2.14. The van der Waals surface area contributed by atoms with E-state index in [0.717, 1.165) is 17.6 Å². The van der Waals surface area contributed by atoms with Crippen LogP contribution in [0, 0.1) is 13.8 Å². The van der Waals surface area contributed by atoms with E-state index in [9.17, 15) is 8.42 Å². The van der Waals surface area contributed by atoms with Crippen molar-refractivity contribution in [2.75, 3.05) is 16.3 Å². The summed E-state index contributed by atoms with van der Waals surface area (Å²) in [4.78, 5) is 0. The van der Waals surface area contributed by atoms with Crippen LogP contribution in [0.3, 0.4) is 0 Å². The van der Waals surface area contributed by atoms with Gasteiger partial charge in [-0.25, -0.2) is 8.42 Å². The van der Waals surface area contributed by atoms with Gasteiger partial charge in [0, 0.05) is 17.1 Å². The zero-order valence-electron chi connectivity index (χ0n) is 11.8. The second kappa shape index (κ2) is 5.54. The molecule has 0 saturated heterocycles. The SMILES string of the molecule is Cc1cc(C)cc(Nc2ccc(NS(C)(=O)=O)cc2)c1. The van der Waals surface area contributed by atoms with E-state index in [1.54, 1.807) is 12.1 Å². The second-order valence-electron chi connectivity index (χ2n) is 4.95. The number of aryl methyl sites for hydroxylation is 2. The van der Waals surface area contributed by atoms with Gasteiger partial charge in [-0.2, -0.15) is 0 Å². The highest BCUT2D eigenvalue weighted by atomic mass is 32.2. The summed E-state index contributed by atoms with van der Waals surface area (Å²) in [7, 11) is -3.23. The first kappa shape index (κ1) is 14.4. The highest BCUT2D eigenvalue weighted by molar-refractivity contribution is 7.92. The fourth-order valence-corrected chi connectivity index (χ4v) is 2.61. The molecule has 0 aliphatic rings. The van der Waals surface area contributed by atoms with Crippen LogP contribution in [0.1, 0.15) is 11.1 Å². The van der Waals surface area contributed by atoms with Crippen molar-refractivity contribution in [1.29, 1.82) is 0 Å². The predicted octanol–water partition coefficient (Wildman–Crippen LogP) is 3.42. The smallest absolute Gasteiger partial charge is 0.229 e. The zero-order chi connectivity index (χ0) is 14.8. The fraction of sp³-hybridized carbons (Fsp3) is 0.200. The Bertz CT molecular complexity index is 687. The van der Waals surface area contributed by atoms with Crippen molar-refractivity contribution >= 4 is 27.1 Å². The van der Waals surface area contributed by atoms with E-state index in [2.05, 4.69) is 42.1 Å². The lowest BCUT2D eigenvalue weighted by molar-refractivity contribution is 0.607. The molecule has 0 radical (unpaired) electrons. The monoisotopic (exact) mass is 290 g/mol. The Morgan fingerprint density at radius 2 is 1.30 bits per heavy atom. The van der Waals surface area contributed by atoms with E-state index >= 15 is 0 Å². The molecule has 5 heteroatoms. The van der Waals surface area contributed by atoms with E-state index in [0.29, 0.717) is 5.69 Å². The standard InChI is InChI=1S/C15H18N2O2S/c1-11-8-12(2)10-15(9-11)16-13-4-6-14(7-5-13)17-20(3,18)19/h4-10,16-17H,1-3H3. The van der Waals surface area contributed by atoms with Crippen LogP contribution in [0.5, 0.6) is 0 Å². The molecule has 0 bridgehead atoms. The molecule has 106 valence electrons. The van der Waals surface area contributed by atoms with Gasteiger partial charge in [0.05, 0.1) is 6.26 Å². The highest BCUT2D eigenvalue weighted by Gasteiger charge is 2.02. The molecule has 0 spiro atoms. The Hall–Kier alpha value is -2.01. The third-order valence-electron chi connectivity index (χ3n) is 2.70. The van der Waals surface area contributed by atoms with Crippen molar-refractivity contribution in [2.24, 2.45) is 0 Å². The van der Waals surface area contributed by atoms with Gasteiger partial charge in [0.1, 0.15) is 0 Å². The minimum atomic E-state index is -3.23. The van der Waals surface area contributed by atoms with Gasteiger partial charge in [0.25, 0.3) is 0 Å². The molecule has 0 heterocycles. The Labute approximate surface area is 119 Å². The van der Waals surface area contributed by atoms with Gasteiger partial charge >= 0.3 is 0 Å². The lowest BCUT2D eigenvalue weighted by Gasteiger charge is -2.10. The van der Waals surface area contributed by atoms with E-state index < -0.39 is 10.0 Å². The maximum Gasteiger partial charge on any atom is 0.229 e. The molecule has 4 nitrogen and oxygen atoms in total. The minimum Gasteiger partial charge on any atom is -0.356 e. The lowest BCUT2D eigenvalue weighted by Crippen LogP contribution is -2.09. The second-order valence-corrected chi connectivity index (χ2v) is 6.70. The molecule has 20 heavy (non-hydrogen) atoms. The van der Waals surface area contributed by atoms with Gasteiger partial charge in [-0.1, -0.05) is 6.07 Å². The number of sulfonamides is 1. The van der Waals surface area contributed by atoms with Crippen molar-refractivity contribution in [1.82, 2.24) is 0 Å². The number of nitrogens with one attached hydrogen (secondary N) is 2. The molecule has 2 aromatic carbocycles. The summed E-state index contributed by atoms with van der Waals surface area (Å²) in [5, 5.41) is 3.30. The van der Waals surface area contributed by atoms with Crippen LogP contribution in [-0.2, 0) is 10.0 Å². The Kier molecular flexibility index (Phi) is 3.99. The summed E-state index contributed by atoms with van der Waals surface area (Å²) in [5.41, 5.74) is 4.88. The molecule has 2 N–H and O–H groups in total. The molecular weight excluding hydrogens is 272 g/mol. The molecular formula is C15H18N2O2S. The average Bonchev–Trinajstić information content (AvgIpc) is 2.28. The van der Waals surface area contributed by atoms with Crippen LogP contribution >= 0.6 is 0 Å². The van der Waals surface area contributed by atoms with Gasteiger partial charge in [-0.15, -0.1) is 0 Å². The van der Waals surface area contributed by atoms with Crippen molar-refractivity contribution in [3.63, 3.8) is 0 Å². The van der Waals surface area contributed by atoms with Crippen molar-refractivity contribution in [3.8, 4) is 0 Å². The van der Waals surface area contributed by atoms with E-state index in [1.165, 1.54) is 11.1 Å². The van der Waals surface area contributed by atoms with Crippen LogP contribution in [-0.4, -0.2) is 14.7 Å². The minimum absolute atomic E-state index is 0.554. The van der Waals surface area contributed by atoms with Crippen molar-refractivity contribution in [3.05, 3.63) is 53.6 Å². The number of hydrogen-bond donors (Lipinski definition) is 2. The van der Waals surface area contributed by atoms with Crippen molar-refractivity contribution < 1.29 is 8.42 Å². The number of benzene rings is 2. The Morgan fingerprint density at radius 3 is 1.80 bits per heavy atom. The summed E-state index contributed by atoms with van der Waals surface area (Å²) >= 11 is 0. The first-order valence-electron chi connectivity index (χ1n) is 6.25. The number of anilines is 3. The van der Waals surface area contributed by atoms with Crippen LogP contribution in [0.15, 0.2) is 42.5 Å². The zero-order valence-corrected chi connectivity index (χ0v) is 12.6. The van der Waals surface area contributed by atoms with Crippen LogP contribution in [0.25, 0.3) is 0 Å². The molecule has 0 amide bonds. The average molecular weight is 290 g/mol. The van der Waals surface area contributed by atoms with E-state index in [1.807, 2.05) is 12.1 Å². The topological polar surface area (TPSA) is 58.2 Å². The molecule has 0 aliphatic heterocycles. The van der Waals surface area contributed by atoms with E-state index in [4.69, 9.17) is 0 Å². The summed E-state index contributed by atoms with van der Waals surface area (Å²) in [6.07, 6.45) is 1.13. The number of rotatable bonds is 4. The molecule has 2 aromatic rings. The third kappa shape index (κ3) is 4.28. The van der Waals surface area contributed by atoms with Gasteiger partial charge in [-0.05, 0) is 61.4 Å². The first-order chi connectivity index (χ1) is 9.32. The maximum atomic E-state index is 11.1. The van der Waals surface area contributed by atoms with Gasteiger partial charge in [0.2, 0.25) is 10.0 Å². The van der Waals surface area contributed by atoms with Gasteiger partial charge in [-0.3, -0.25) is 4.72 Å². The molecule has 0 saturated carbocycles. The normalized spacial score (nSPS) is 11.2. The lowest BCUT2D eigenvalue weighted by atomic mass is 10.1. The van der Waals surface area contributed by atoms with Crippen LogP contribution in [0.4, 0.5) is 17.1 Å². The van der Waals surface area contributed by atoms with Gasteiger partial charge < -0.3 is 5.32 Å². The quantitative estimate of drug-likeness (QED) is 0.907. The van der Waals surface area contributed by atoms with E-state index in [-0.39, 0.29) is 0 Å².